The van der Waals surface area contributed by atoms with Crippen LogP contribution < -0.4 is 5.73 Å². The average molecular weight is 258 g/mol. The summed E-state index contributed by atoms with van der Waals surface area (Å²) in [5.74, 6) is -0.373. The molecule has 0 amide bonds. The maximum Gasteiger partial charge on any atom is 0.170 e. The van der Waals surface area contributed by atoms with Crippen molar-refractivity contribution in [3.05, 3.63) is 0 Å². The van der Waals surface area contributed by atoms with Gasteiger partial charge in [-0.25, -0.2) is 0 Å². The Balaban J connectivity index is 2.00. The molecule has 0 bridgehead atoms. The minimum atomic E-state index is -0.373. The van der Waals surface area contributed by atoms with Gasteiger partial charge in [0.2, 0.25) is 0 Å². The summed E-state index contributed by atoms with van der Waals surface area (Å²) in [5, 5.41) is 0. The highest BCUT2D eigenvalue weighted by Crippen LogP contribution is 2.37. The second-order valence-electron chi connectivity index (χ2n) is 5.55. The van der Waals surface area contributed by atoms with Crippen LogP contribution in [0, 0.1) is 0 Å². The molecule has 3 unspecified atom stereocenters. The molecule has 2 rings (SSSR count). The lowest BCUT2D eigenvalue weighted by atomic mass is 9.85. The van der Waals surface area contributed by atoms with Crippen LogP contribution >= 0.6 is 0 Å². The Kier molecular flexibility index (Phi) is 4.61. The number of hydrogen-bond donors (Lipinski definition) is 1. The van der Waals surface area contributed by atoms with Gasteiger partial charge in [-0.05, 0) is 20.4 Å². The molecule has 0 aromatic heterocycles. The third-order valence-electron chi connectivity index (χ3n) is 4.31. The predicted molar refractivity (Wildman–Crippen MR) is 69.4 cm³/mol. The van der Waals surface area contributed by atoms with Gasteiger partial charge in [-0.3, -0.25) is 4.90 Å². The number of nitrogens with two attached hydrogens (primary N) is 1. The first-order chi connectivity index (χ1) is 8.58. The molecule has 1 aliphatic carbocycles. The molecule has 1 aliphatic heterocycles. The normalized spacial score (nSPS) is 33.2. The number of nitrogens with zero attached hydrogens (tertiary/aromatic N) is 1. The van der Waals surface area contributed by atoms with E-state index in [0.717, 1.165) is 19.3 Å². The van der Waals surface area contributed by atoms with Crippen molar-refractivity contribution in [2.45, 2.75) is 50.1 Å². The fraction of sp³-hybridized carbons (Fsp3) is 1.00. The zero-order valence-corrected chi connectivity index (χ0v) is 11.7. The van der Waals surface area contributed by atoms with Gasteiger partial charge in [-0.15, -0.1) is 0 Å². The Morgan fingerprint density at radius 3 is 2.72 bits per heavy atom. The summed E-state index contributed by atoms with van der Waals surface area (Å²) in [4.78, 5) is 2.31. The lowest BCUT2D eigenvalue weighted by molar-refractivity contribution is -0.192. The quantitative estimate of drug-likeness (QED) is 0.799. The molecule has 2 aliphatic rings. The van der Waals surface area contributed by atoms with Gasteiger partial charge in [0, 0.05) is 38.1 Å². The van der Waals surface area contributed by atoms with E-state index in [2.05, 4.69) is 18.9 Å². The number of ether oxygens (including phenoxy) is 3. The summed E-state index contributed by atoms with van der Waals surface area (Å²) in [6.07, 6.45) is 2.73. The Hall–Kier alpha value is -0.200. The first-order valence-electron chi connectivity index (χ1n) is 6.82. The molecule has 1 heterocycles. The van der Waals surface area contributed by atoms with E-state index in [9.17, 15) is 0 Å². The first kappa shape index (κ1) is 14.2. The minimum Gasteiger partial charge on any atom is -0.383 e. The highest BCUT2D eigenvalue weighted by atomic mass is 16.7. The molecular formula is C13H26N2O3. The third-order valence-corrected chi connectivity index (χ3v) is 4.31. The van der Waals surface area contributed by atoms with E-state index in [-0.39, 0.29) is 11.8 Å². The first-order valence-corrected chi connectivity index (χ1v) is 6.82. The third kappa shape index (κ3) is 2.86. The van der Waals surface area contributed by atoms with E-state index < -0.39 is 0 Å². The average Bonchev–Trinajstić information content (AvgIpc) is 2.81. The maximum atomic E-state index is 6.27. The van der Waals surface area contributed by atoms with Gasteiger partial charge >= 0.3 is 0 Å². The van der Waals surface area contributed by atoms with Crippen molar-refractivity contribution in [1.29, 1.82) is 0 Å². The van der Waals surface area contributed by atoms with Crippen LogP contribution in [-0.2, 0) is 14.2 Å². The lowest BCUT2D eigenvalue weighted by Crippen LogP contribution is -2.57. The maximum absolute atomic E-state index is 6.27. The van der Waals surface area contributed by atoms with Gasteiger partial charge in [0.25, 0.3) is 0 Å². The second-order valence-corrected chi connectivity index (χ2v) is 5.55. The van der Waals surface area contributed by atoms with Crippen LogP contribution in [0.2, 0.25) is 0 Å². The van der Waals surface area contributed by atoms with Crippen molar-refractivity contribution in [3.8, 4) is 0 Å². The summed E-state index contributed by atoms with van der Waals surface area (Å²) < 4.78 is 16.9. The molecule has 1 saturated carbocycles. The van der Waals surface area contributed by atoms with Gasteiger partial charge in [0.05, 0.1) is 19.8 Å². The largest absolute Gasteiger partial charge is 0.383 e. The highest BCUT2D eigenvalue weighted by Gasteiger charge is 2.45. The standard InChI is InChI=1S/C13H26N2O3/c1-10(9-16-3)15(2)12-8-13(5-4-11(12)14)17-6-7-18-13/h10-12H,4-9,14H2,1-3H3. The van der Waals surface area contributed by atoms with Crippen molar-refractivity contribution in [3.63, 3.8) is 0 Å². The second kappa shape index (κ2) is 5.84. The fourth-order valence-corrected chi connectivity index (χ4v) is 3.04. The van der Waals surface area contributed by atoms with Crippen molar-refractivity contribution in [1.82, 2.24) is 4.90 Å². The topological polar surface area (TPSA) is 57.0 Å². The van der Waals surface area contributed by atoms with Crippen LogP contribution in [0.4, 0.5) is 0 Å². The summed E-state index contributed by atoms with van der Waals surface area (Å²) in [5.41, 5.74) is 6.27. The van der Waals surface area contributed by atoms with Crippen molar-refractivity contribution < 1.29 is 14.2 Å². The molecule has 0 aromatic rings. The fourth-order valence-electron chi connectivity index (χ4n) is 3.04. The van der Waals surface area contributed by atoms with Gasteiger partial charge < -0.3 is 19.9 Å². The molecule has 0 aromatic carbocycles. The van der Waals surface area contributed by atoms with Crippen molar-refractivity contribution in [2.24, 2.45) is 5.73 Å². The molecule has 0 radical (unpaired) electrons. The summed E-state index contributed by atoms with van der Waals surface area (Å²) in [7, 11) is 3.85. The number of hydrogen-bond acceptors (Lipinski definition) is 5. The smallest absolute Gasteiger partial charge is 0.170 e. The summed E-state index contributed by atoms with van der Waals surface area (Å²) in [6.45, 7) is 4.29. The van der Waals surface area contributed by atoms with Gasteiger partial charge in [0.15, 0.2) is 5.79 Å². The minimum absolute atomic E-state index is 0.188. The van der Waals surface area contributed by atoms with E-state index in [1.54, 1.807) is 7.11 Å². The van der Waals surface area contributed by atoms with Gasteiger partial charge in [0.1, 0.15) is 0 Å². The van der Waals surface area contributed by atoms with Crippen LogP contribution in [0.3, 0.4) is 0 Å². The molecule has 5 heteroatoms. The molecule has 5 nitrogen and oxygen atoms in total. The van der Waals surface area contributed by atoms with E-state index in [4.69, 9.17) is 19.9 Å². The highest BCUT2D eigenvalue weighted by molar-refractivity contribution is 4.95. The van der Waals surface area contributed by atoms with E-state index in [1.165, 1.54) is 0 Å². The monoisotopic (exact) mass is 258 g/mol. The molecule has 106 valence electrons. The molecule has 1 saturated heterocycles. The lowest BCUT2D eigenvalue weighted by Gasteiger charge is -2.45. The Morgan fingerprint density at radius 2 is 2.11 bits per heavy atom. The number of rotatable bonds is 4. The summed E-state index contributed by atoms with van der Waals surface area (Å²) in [6, 6.07) is 0.831. The van der Waals surface area contributed by atoms with Crippen LogP contribution in [0.1, 0.15) is 26.2 Å². The number of likely N-dealkylation sites (N-methyl/N-ethyl adjacent to an activating group) is 1. The van der Waals surface area contributed by atoms with Gasteiger partial charge in [-0.1, -0.05) is 0 Å². The summed E-state index contributed by atoms with van der Waals surface area (Å²) >= 11 is 0. The molecule has 2 N–H and O–H groups in total. The molecule has 2 fully saturated rings. The number of methoxy groups -OCH3 is 1. The van der Waals surface area contributed by atoms with Gasteiger partial charge in [-0.2, -0.15) is 0 Å². The van der Waals surface area contributed by atoms with E-state index in [1.807, 2.05) is 0 Å². The molecule has 3 atom stereocenters. The molecule has 18 heavy (non-hydrogen) atoms. The van der Waals surface area contributed by atoms with Crippen LogP contribution in [0.25, 0.3) is 0 Å². The van der Waals surface area contributed by atoms with E-state index >= 15 is 0 Å². The Bertz CT molecular complexity index is 269. The predicted octanol–water partition coefficient (Wildman–Crippen LogP) is 0.576. The van der Waals surface area contributed by atoms with Crippen LogP contribution in [-0.4, -0.2) is 62.8 Å². The van der Waals surface area contributed by atoms with Crippen molar-refractivity contribution >= 4 is 0 Å². The zero-order valence-electron chi connectivity index (χ0n) is 11.7. The van der Waals surface area contributed by atoms with Crippen molar-refractivity contribution in [2.75, 3.05) is 34.0 Å². The Morgan fingerprint density at radius 1 is 1.44 bits per heavy atom. The van der Waals surface area contributed by atoms with Crippen LogP contribution in [0.5, 0.6) is 0 Å². The van der Waals surface area contributed by atoms with Crippen LogP contribution in [0.15, 0.2) is 0 Å². The Labute approximate surface area is 110 Å². The zero-order chi connectivity index (χ0) is 13.2. The molecular weight excluding hydrogens is 232 g/mol. The van der Waals surface area contributed by atoms with E-state index in [0.29, 0.717) is 31.9 Å². The molecule has 1 spiro atoms. The SMILES string of the molecule is COCC(C)N(C)C1CC2(CCC1N)OCCO2.